The van der Waals surface area contributed by atoms with Gasteiger partial charge in [0.2, 0.25) is 5.12 Å². The first-order valence-corrected chi connectivity index (χ1v) is 4.23. The highest BCUT2D eigenvalue weighted by atomic mass is 32.1. The van der Waals surface area contributed by atoms with E-state index in [0.717, 1.165) is 6.42 Å². The van der Waals surface area contributed by atoms with E-state index >= 15 is 0 Å². The van der Waals surface area contributed by atoms with E-state index in [1.54, 1.807) is 7.05 Å². The van der Waals surface area contributed by atoms with Crippen molar-refractivity contribution >= 4 is 17.7 Å². The minimum absolute atomic E-state index is 0.117. The molecule has 0 heterocycles. The third-order valence-corrected chi connectivity index (χ3v) is 2.06. The molecule has 4 heteroatoms. The topological polar surface area (TPSA) is 41.1 Å². The minimum Gasteiger partial charge on any atom is -0.286 e. The van der Waals surface area contributed by atoms with E-state index in [0.29, 0.717) is 5.92 Å². The highest BCUT2D eigenvalue weighted by Crippen LogP contribution is 2.08. The Labute approximate surface area is 73.3 Å². The Morgan fingerprint density at radius 1 is 1.64 bits per heavy atom. The van der Waals surface area contributed by atoms with Gasteiger partial charge in [-0.05, 0) is 13.0 Å². The van der Waals surface area contributed by atoms with Gasteiger partial charge in [0, 0.05) is 0 Å². The molecule has 0 aliphatic heterocycles. The first-order chi connectivity index (χ1) is 5.13. The third kappa shape index (κ3) is 3.74. The summed E-state index contributed by atoms with van der Waals surface area (Å²) in [5.74, 6) is 0.312. The fraction of sp³-hybridized carbons (Fsp3) is 0.857. The van der Waals surface area contributed by atoms with E-state index < -0.39 is 0 Å². The van der Waals surface area contributed by atoms with Crippen molar-refractivity contribution < 1.29 is 4.79 Å². The standard InChI is InChI=1S/C7H16N2OS/c1-4-5(2)6(7(10)11)9-8-3/h5-6,8-9H,4H2,1-3H3,(H,10,11)/t5-,6-/m0/s1. The molecule has 0 bridgehead atoms. The van der Waals surface area contributed by atoms with E-state index in [9.17, 15) is 4.79 Å². The average Bonchev–Trinajstić information content (AvgIpc) is 1.98. The number of hydrogen-bond acceptors (Lipinski definition) is 3. The zero-order valence-electron chi connectivity index (χ0n) is 7.22. The first-order valence-electron chi connectivity index (χ1n) is 3.78. The van der Waals surface area contributed by atoms with Gasteiger partial charge >= 0.3 is 0 Å². The lowest BCUT2D eigenvalue weighted by molar-refractivity contribution is -0.113. The van der Waals surface area contributed by atoms with E-state index in [1.165, 1.54) is 0 Å². The van der Waals surface area contributed by atoms with Crippen LogP contribution >= 0.6 is 12.6 Å². The molecule has 0 saturated heterocycles. The van der Waals surface area contributed by atoms with Crippen molar-refractivity contribution in [2.24, 2.45) is 5.92 Å². The third-order valence-electron chi connectivity index (χ3n) is 1.78. The fourth-order valence-corrected chi connectivity index (χ4v) is 1.16. The molecule has 0 aliphatic carbocycles. The van der Waals surface area contributed by atoms with Crippen molar-refractivity contribution in [3.8, 4) is 0 Å². The smallest absolute Gasteiger partial charge is 0.204 e. The molecule has 0 aromatic heterocycles. The number of thiol groups is 1. The van der Waals surface area contributed by atoms with Gasteiger partial charge in [0.1, 0.15) is 0 Å². The maximum Gasteiger partial charge on any atom is 0.204 e. The Bertz CT molecular complexity index is 130. The van der Waals surface area contributed by atoms with Crippen LogP contribution < -0.4 is 10.9 Å². The van der Waals surface area contributed by atoms with Gasteiger partial charge in [0.25, 0.3) is 0 Å². The lowest BCUT2D eigenvalue weighted by Gasteiger charge is -2.19. The maximum absolute atomic E-state index is 10.9. The Morgan fingerprint density at radius 2 is 2.18 bits per heavy atom. The number of nitrogens with one attached hydrogen (secondary N) is 2. The number of hydrogen-bond donors (Lipinski definition) is 3. The van der Waals surface area contributed by atoms with Crippen LogP contribution in [0.1, 0.15) is 20.3 Å². The highest BCUT2D eigenvalue weighted by Gasteiger charge is 2.19. The maximum atomic E-state index is 10.9. The zero-order valence-corrected chi connectivity index (χ0v) is 8.11. The van der Waals surface area contributed by atoms with Crippen LogP contribution in [0.15, 0.2) is 0 Å². The molecule has 0 aromatic rings. The monoisotopic (exact) mass is 176 g/mol. The van der Waals surface area contributed by atoms with Crippen molar-refractivity contribution in [1.29, 1.82) is 0 Å². The quantitative estimate of drug-likeness (QED) is 0.424. The van der Waals surface area contributed by atoms with Crippen LogP contribution in [0.4, 0.5) is 0 Å². The van der Waals surface area contributed by atoms with Crippen molar-refractivity contribution in [2.45, 2.75) is 26.3 Å². The Balaban J connectivity index is 3.97. The van der Waals surface area contributed by atoms with Gasteiger partial charge in [0.15, 0.2) is 0 Å². The van der Waals surface area contributed by atoms with Crippen molar-refractivity contribution in [1.82, 2.24) is 10.9 Å². The van der Waals surface area contributed by atoms with Crippen LogP contribution in [0.3, 0.4) is 0 Å². The molecule has 0 aliphatic rings. The summed E-state index contributed by atoms with van der Waals surface area (Å²) in [6.07, 6.45) is 0.964. The van der Waals surface area contributed by atoms with Gasteiger partial charge < -0.3 is 0 Å². The van der Waals surface area contributed by atoms with E-state index in [-0.39, 0.29) is 11.2 Å². The summed E-state index contributed by atoms with van der Waals surface area (Å²) in [4.78, 5) is 10.9. The average molecular weight is 176 g/mol. The lowest BCUT2D eigenvalue weighted by atomic mass is 10.0. The number of carbonyl (C=O) groups excluding carboxylic acids is 1. The van der Waals surface area contributed by atoms with Gasteiger partial charge in [-0.2, -0.15) is 0 Å². The van der Waals surface area contributed by atoms with Crippen molar-refractivity contribution in [3.05, 3.63) is 0 Å². The molecule has 11 heavy (non-hydrogen) atoms. The molecule has 3 nitrogen and oxygen atoms in total. The van der Waals surface area contributed by atoms with Gasteiger partial charge in [-0.1, -0.05) is 20.3 Å². The molecule has 0 rings (SSSR count). The Kier molecular flexibility index (Phi) is 5.54. The summed E-state index contributed by atoms with van der Waals surface area (Å²) in [7, 11) is 1.74. The van der Waals surface area contributed by atoms with Gasteiger partial charge in [-0.15, -0.1) is 12.6 Å². The van der Waals surface area contributed by atoms with Crippen molar-refractivity contribution in [3.63, 3.8) is 0 Å². The van der Waals surface area contributed by atoms with Crippen LogP contribution in [0, 0.1) is 5.92 Å². The Hall–Kier alpha value is -0.0600. The summed E-state index contributed by atoms with van der Waals surface area (Å²) < 4.78 is 0. The lowest BCUT2D eigenvalue weighted by Crippen LogP contribution is -2.45. The minimum atomic E-state index is -0.187. The number of hydrazine groups is 1. The molecule has 0 radical (unpaired) electrons. The fourth-order valence-electron chi connectivity index (χ4n) is 0.839. The normalized spacial score (nSPS) is 16.0. The Morgan fingerprint density at radius 3 is 2.45 bits per heavy atom. The van der Waals surface area contributed by atoms with Crippen molar-refractivity contribution in [2.75, 3.05) is 7.05 Å². The predicted octanol–water partition coefficient (Wildman–Crippen LogP) is 0.582. The molecular formula is C7H16N2OS. The van der Waals surface area contributed by atoms with E-state index in [1.807, 2.05) is 13.8 Å². The molecule has 0 saturated carbocycles. The molecule has 0 spiro atoms. The molecule has 0 unspecified atom stereocenters. The molecule has 2 atom stereocenters. The predicted molar refractivity (Wildman–Crippen MR) is 49.4 cm³/mol. The molecule has 0 fully saturated rings. The summed E-state index contributed by atoms with van der Waals surface area (Å²) >= 11 is 3.78. The number of carbonyl (C=O) groups is 1. The summed E-state index contributed by atoms with van der Waals surface area (Å²) in [6.45, 7) is 4.06. The van der Waals surface area contributed by atoms with Crippen LogP contribution in [0.2, 0.25) is 0 Å². The number of rotatable bonds is 5. The van der Waals surface area contributed by atoms with Gasteiger partial charge in [0.05, 0.1) is 6.04 Å². The molecule has 66 valence electrons. The second-order valence-corrected chi connectivity index (χ2v) is 3.04. The van der Waals surface area contributed by atoms with Crippen LogP contribution in [0.25, 0.3) is 0 Å². The van der Waals surface area contributed by atoms with E-state index in [2.05, 4.69) is 23.5 Å². The largest absolute Gasteiger partial charge is 0.286 e. The van der Waals surface area contributed by atoms with E-state index in [4.69, 9.17) is 0 Å². The van der Waals surface area contributed by atoms with Crippen LogP contribution in [0.5, 0.6) is 0 Å². The van der Waals surface area contributed by atoms with Crippen LogP contribution in [-0.2, 0) is 4.79 Å². The molecule has 2 N–H and O–H groups in total. The summed E-state index contributed by atoms with van der Waals surface area (Å²) in [6, 6.07) is -0.187. The SMILES string of the molecule is CC[C@H](C)[C@H](NNC)C(=O)S. The molecular weight excluding hydrogens is 160 g/mol. The summed E-state index contributed by atoms with van der Waals surface area (Å²) in [5, 5.41) is -0.117. The van der Waals surface area contributed by atoms with Gasteiger partial charge in [-0.25, -0.2) is 5.43 Å². The molecule has 0 amide bonds. The second kappa shape index (κ2) is 5.57. The zero-order chi connectivity index (χ0) is 8.85. The highest BCUT2D eigenvalue weighted by molar-refractivity contribution is 7.96. The van der Waals surface area contributed by atoms with Gasteiger partial charge in [-0.3, -0.25) is 10.2 Å². The van der Waals surface area contributed by atoms with Crippen LogP contribution in [-0.4, -0.2) is 18.2 Å². The molecule has 0 aromatic carbocycles. The first kappa shape index (κ1) is 10.9. The summed E-state index contributed by atoms with van der Waals surface area (Å²) in [5.41, 5.74) is 5.60. The second-order valence-electron chi connectivity index (χ2n) is 2.60.